The van der Waals surface area contributed by atoms with Crippen molar-refractivity contribution in [3.8, 4) is 0 Å². The highest BCUT2D eigenvalue weighted by atomic mass is 35.5. The van der Waals surface area contributed by atoms with Crippen molar-refractivity contribution in [2.75, 3.05) is 16.8 Å². The molecule has 1 aliphatic heterocycles. The number of carbonyl (C=O) groups excluding carboxylic acids is 1. The maximum Gasteiger partial charge on any atom is 0.257 e. The predicted octanol–water partition coefficient (Wildman–Crippen LogP) is 3.88. The van der Waals surface area contributed by atoms with Gasteiger partial charge in [0.05, 0.1) is 5.69 Å². The summed E-state index contributed by atoms with van der Waals surface area (Å²) in [5.41, 5.74) is 0.980. The van der Waals surface area contributed by atoms with Gasteiger partial charge in [0, 0.05) is 24.3 Å². The van der Waals surface area contributed by atoms with E-state index in [4.69, 9.17) is 23.2 Å². The topological polar surface area (TPSA) is 78.5 Å². The van der Waals surface area contributed by atoms with E-state index in [-0.39, 0.29) is 17.0 Å². The zero-order valence-corrected chi connectivity index (χ0v) is 18.2. The summed E-state index contributed by atoms with van der Waals surface area (Å²) in [6, 6.07) is 4.92. The lowest BCUT2D eigenvalue weighted by molar-refractivity contribution is -0.114. The Hall–Kier alpha value is -1.02. The number of hydrogen-bond donors (Lipinski definition) is 2. The zero-order chi connectivity index (χ0) is 20.2. The van der Waals surface area contributed by atoms with Gasteiger partial charge < -0.3 is 10.2 Å². The van der Waals surface area contributed by atoms with Gasteiger partial charge in [-0.3, -0.25) is 4.79 Å². The number of nitrogens with zero attached hydrogens (tertiary/aromatic N) is 1. The molecular weight excluding hydrogens is 409 g/mol. The average Bonchev–Trinajstić information content (AvgIpc) is 2.61. The van der Waals surface area contributed by atoms with Gasteiger partial charge in [-0.05, 0) is 57.7 Å². The lowest BCUT2D eigenvalue weighted by atomic mass is 10.0. The van der Waals surface area contributed by atoms with Crippen molar-refractivity contribution in [2.24, 2.45) is 0 Å². The van der Waals surface area contributed by atoms with Crippen LogP contribution in [-0.4, -0.2) is 37.8 Å². The normalized spacial score (nSPS) is 19.2. The quantitative estimate of drug-likeness (QED) is 0.636. The summed E-state index contributed by atoms with van der Waals surface area (Å²) >= 11 is 11.2. The Labute approximate surface area is 171 Å². The maximum atomic E-state index is 13.0. The van der Waals surface area contributed by atoms with E-state index in [1.54, 1.807) is 12.1 Å². The molecule has 152 valence electrons. The number of alkyl halides is 2. The van der Waals surface area contributed by atoms with Crippen LogP contribution in [0.3, 0.4) is 0 Å². The number of hydrogen-bond acceptors (Lipinski definition) is 4. The summed E-state index contributed by atoms with van der Waals surface area (Å²) in [6.07, 6.45) is 3.83. The van der Waals surface area contributed by atoms with Crippen molar-refractivity contribution in [1.29, 1.82) is 0 Å². The largest absolute Gasteiger partial charge is 0.368 e. The smallest absolute Gasteiger partial charge is 0.257 e. The van der Waals surface area contributed by atoms with Gasteiger partial charge in [-0.1, -0.05) is 30.1 Å². The number of nitrogens with one attached hydrogen (secondary N) is 2. The van der Waals surface area contributed by atoms with Crippen LogP contribution in [0.15, 0.2) is 23.1 Å². The van der Waals surface area contributed by atoms with Crippen LogP contribution < -0.4 is 14.9 Å². The van der Waals surface area contributed by atoms with Crippen molar-refractivity contribution in [3.63, 3.8) is 0 Å². The van der Waals surface area contributed by atoms with Crippen molar-refractivity contribution < 1.29 is 13.2 Å². The SMILES string of the molecule is CCC(C)NS(=O)(=O)c1cc(NC(=O)C(Cl)Cl)ccc1N1CCCCC1C. The molecule has 1 amide bonds. The first-order valence-electron chi connectivity index (χ1n) is 9.17. The maximum absolute atomic E-state index is 13.0. The van der Waals surface area contributed by atoms with Crippen LogP contribution >= 0.6 is 23.2 Å². The number of rotatable bonds is 7. The van der Waals surface area contributed by atoms with E-state index in [9.17, 15) is 13.2 Å². The van der Waals surface area contributed by atoms with Crippen molar-refractivity contribution in [3.05, 3.63) is 18.2 Å². The third-order valence-electron chi connectivity index (χ3n) is 4.80. The fraction of sp³-hybridized carbons (Fsp3) is 0.611. The number of sulfonamides is 1. The van der Waals surface area contributed by atoms with E-state index >= 15 is 0 Å². The zero-order valence-electron chi connectivity index (χ0n) is 15.8. The minimum atomic E-state index is -3.76. The Kier molecular flexibility index (Phi) is 7.80. The Balaban J connectivity index is 2.47. The van der Waals surface area contributed by atoms with Crippen LogP contribution in [0.4, 0.5) is 11.4 Å². The van der Waals surface area contributed by atoms with Crippen LogP contribution in [0, 0.1) is 0 Å². The van der Waals surface area contributed by atoms with Gasteiger partial charge in [-0.15, -0.1) is 0 Å². The number of carbonyl (C=O) groups is 1. The van der Waals surface area contributed by atoms with Gasteiger partial charge in [0.25, 0.3) is 5.91 Å². The molecular formula is C18H27Cl2N3O3S. The minimum Gasteiger partial charge on any atom is -0.368 e. The standard InChI is InChI=1S/C18H27Cl2N3O3S/c1-4-12(2)22-27(25,26)16-11-14(21-18(24)17(19)20)8-9-15(16)23-10-6-5-7-13(23)3/h8-9,11-13,17,22H,4-7,10H2,1-3H3,(H,21,24). The Morgan fingerprint density at radius 3 is 2.63 bits per heavy atom. The molecule has 0 radical (unpaired) electrons. The molecule has 1 aliphatic rings. The number of piperidine rings is 1. The summed E-state index contributed by atoms with van der Waals surface area (Å²) in [6.45, 7) is 6.62. The van der Waals surface area contributed by atoms with Crippen molar-refractivity contribution in [1.82, 2.24) is 4.72 Å². The highest BCUT2D eigenvalue weighted by Gasteiger charge is 2.28. The molecule has 1 saturated heterocycles. The second kappa shape index (κ2) is 9.45. The molecule has 0 aliphatic carbocycles. The first kappa shape index (κ1) is 22.3. The van der Waals surface area contributed by atoms with Crippen molar-refractivity contribution in [2.45, 2.75) is 68.3 Å². The monoisotopic (exact) mass is 435 g/mol. The van der Waals surface area contributed by atoms with Crippen LogP contribution in [-0.2, 0) is 14.8 Å². The average molecular weight is 436 g/mol. The summed E-state index contributed by atoms with van der Waals surface area (Å²) in [7, 11) is -3.76. The van der Waals surface area contributed by atoms with Crippen molar-refractivity contribution >= 4 is 50.5 Å². The lowest BCUT2D eigenvalue weighted by Crippen LogP contribution is -2.39. The molecule has 2 atom stereocenters. The van der Waals surface area contributed by atoms with E-state index in [1.165, 1.54) is 6.07 Å². The van der Waals surface area contributed by atoms with Gasteiger partial charge in [-0.2, -0.15) is 0 Å². The highest BCUT2D eigenvalue weighted by molar-refractivity contribution is 7.89. The van der Waals surface area contributed by atoms with Gasteiger partial charge in [0.2, 0.25) is 10.0 Å². The molecule has 1 fully saturated rings. The van der Waals surface area contributed by atoms with Crippen LogP contribution in [0.2, 0.25) is 0 Å². The van der Waals surface area contributed by atoms with E-state index in [2.05, 4.69) is 21.9 Å². The highest BCUT2D eigenvalue weighted by Crippen LogP contribution is 2.33. The fourth-order valence-electron chi connectivity index (χ4n) is 3.11. The molecule has 2 N–H and O–H groups in total. The van der Waals surface area contributed by atoms with Crippen LogP contribution in [0.1, 0.15) is 46.5 Å². The fourth-order valence-corrected chi connectivity index (χ4v) is 4.78. The molecule has 6 nitrogen and oxygen atoms in total. The number of benzene rings is 1. The van der Waals surface area contributed by atoms with E-state index < -0.39 is 20.8 Å². The van der Waals surface area contributed by atoms with E-state index in [1.807, 2.05) is 13.8 Å². The first-order chi connectivity index (χ1) is 12.7. The molecule has 2 rings (SSSR count). The summed E-state index contributed by atoms with van der Waals surface area (Å²) in [5, 5.41) is 2.55. The van der Waals surface area contributed by atoms with Gasteiger partial charge >= 0.3 is 0 Å². The summed E-state index contributed by atoms with van der Waals surface area (Å²) in [4.78, 5) is 12.8. The second-order valence-corrected chi connectivity index (χ2v) is 9.72. The molecule has 27 heavy (non-hydrogen) atoms. The third kappa shape index (κ3) is 5.73. The molecule has 9 heteroatoms. The van der Waals surface area contributed by atoms with E-state index in [0.717, 1.165) is 25.8 Å². The number of anilines is 2. The molecule has 0 aromatic heterocycles. The Bertz CT molecular complexity index is 771. The molecule has 2 unspecified atom stereocenters. The number of halogens is 2. The third-order valence-corrected chi connectivity index (χ3v) is 6.81. The van der Waals surface area contributed by atoms with E-state index in [0.29, 0.717) is 17.8 Å². The molecule has 0 spiro atoms. The molecule has 0 bridgehead atoms. The lowest BCUT2D eigenvalue weighted by Gasteiger charge is -2.36. The first-order valence-corrected chi connectivity index (χ1v) is 11.5. The predicted molar refractivity (Wildman–Crippen MR) is 111 cm³/mol. The minimum absolute atomic E-state index is 0.148. The molecule has 1 heterocycles. The van der Waals surface area contributed by atoms with Gasteiger partial charge in [-0.25, -0.2) is 13.1 Å². The molecule has 1 aromatic rings. The van der Waals surface area contributed by atoms with Crippen LogP contribution in [0.25, 0.3) is 0 Å². The molecule has 1 aromatic carbocycles. The summed E-state index contributed by atoms with van der Waals surface area (Å²) in [5.74, 6) is -0.601. The van der Waals surface area contributed by atoms with Gasteiger partial charge in [0.1, 0.15) is 4.90 Å². The second-order valence-electron chi connectivity index (χ2n) is 6.94. The Morgan fingerprint density at radius 2 is 2.04 bits per heavy atom. The molecule has 0 saturated carbocycles. The number of amides is 1. The van der Waals surface area contributed by atoms with Crippen LogP contribution in [0.5, 0.6) is 0 Å². The summed E-state index contributed by atoms with van der Waals surface area (Å²) < 4.78 is 28.8. The van der Waals surface area contributed by atoms with Gasteiger partial charge in [0.15, 0.2) is 4.84 Å². The Morgan fingerprint density at radius 1 is 1.33 bits per heavy atom.